The maximum Gasteiger partial charge on any atom is 0.267 e. The number of halogens is 2. The molecular weight excluding hydrogens is 198 g/mol. The molecule has 0 radical (unpaired) electrons. The lowest BCUT2D eigenvalue weighted by molar-refractivity contribution is 0.152. The minimum absolute atomic E-state index is 0.0180. The van der Waals surface area contributed by atoms with Crippen molar-refractivity contribution in [3.8, 4) is 0 Å². The van der Waals surface area contributed by atoms with Crippen LogP contribution in [0.4, 0.5) is 8.78 Å². The van der Waals surface area contributed by atoms with Crippen LogP contribution >= 0.6 is 0 Å². The van der Waals surface area contributed by atoms with Crippen molar-refractivity contribution in [2.75, 3.05) is 0 Å². The van der Waals surface area contributed by atoms with E-state index in [1.807, 2.05) is 20.8 Å². The summed E-state index contributed by atoms with van der Waals surface area (Å²) >= 11 is 0. The van der Waals surface area contributed by atoms with Gasteiger partial charge < -0.3 is 4.40 Å². The zero-order chi connectivity index (χ0) is 11.4. The highest BCUT2D eigenvalue weighted by atomic mass is 19.3. The van der Waals surface area contributed by atoms with Gasteiger partial charge in [0.05, 0.1) is 5.56 Å². The monoisotopic (exact) mass is 212 g/mol. The van der Waals surface area contributed by atoms with Crippen molar-refractivity contribution in [3.05, 3.63) is 35.8 Å². The van der Waals surface area contributed by atoms with Crippen LogP contribution in [-0.4, -0.2) is 9.38 Å². The van der Waals surface area contributed by atoms with Crippen molar-refractivity contribution < 1.29 is 8.78 Å². The molecule has 2 rings (SSSR count). The normalized spacial score (nSPS) is 10.3. The molecule has 82 valence electrons. The second kappa shape index (κ2) is 4.87. The third-order valence-corrected chi connectivity index (χ3v) is 1.99. The van der Waals surface area contributed by atoms with Gasteiger partial charge in [0.15, 0.2) is 0 Å². The number of hydrogen-bond acceptors (Lipinski definition) is 1. The summed E-state index contributed by atoms with van der Waals surface area (Å²) < 4.78 is 26.6. The van der Waals surface area contributed by atoms with Gasteiger partial charge in [-0.05, 0) is 19.1 Å². The molecule has 2 aromatic heterocycles. The number of rotatable bonds is 1. The van der Waals surface area contributed by atoms with Crippen LogP contribution in [0.3, 0.4) is 0 Å². The van der Waals surface area contributed by atoms with E-state index in [0.29, 0.717) is 5.65 Å². The summed E-state index contributed by atoms with van der Waals surface area (Å²) in [4.78, 5) is 3.92. The van der Waals surface area contributed by atoms with Gasteiger partial charge in [0, 0.05) is 18.1 Å². The van der Waals surface area contributed by atoms with E-state index >= 15 is 0 Å². The Hall–Kier alpha value is -1.45. The molecule has 0 fully saturated rings. The van der Waals surface area contributed by atoms with E-state index < -0.39 is 6.43 Å². The average Bonchev–Trinajstić information content (AvgIpc) is 2.63. The molecule has 0 bridgehead atoms. The molecule has 0 aliphatic rings. The first-order valence-electron chi connectivity index (χ1n) is 4.91. The molecule has 0 unspecified atom stereocenters. The number of hydrogen-bond donors (Lipinski definition) is 0. The first-order chi connectivity index (χ1) is 7.20. The molecule has 0 aromatic carbocycles. The fourth-order valence-corrected chi connectivity index (χ4v) is 1.33. The maximum atomic E-state index is 12.5. The van der Waals surface area contributed by atoms with Crippen LogP contribution in [-0.2, 0) is 0 Å². The highest BCUT2D eigenvalue weighted by Crippen LogP contribution is 2.22. The van der Waals surface area contributed by atoms with E-state index in [2.05, 4.69) is 4.98 Å². The van der Waals surface area contributed by atoms with Crippen molar-refractivity contribution in [2.24, 2.45) is 0 Å². The van der Waals surface area contributed by atoms with Crippen LogP contribution in [0.1, 0.15) is 31.5 Å². The van der Waals surface area contributed by atoms with Gasteiger partial charge >= 0.3 is 0 Å². The summed E-state index contributed by atoms with van der Waals surface area (Å²) in [5, 5.41) is 0. The van der Waals surface area contributed by atoms with Crippen LogP contribution in [0.25, 0.3) is 5.65 Å². The topological polar surface area (TPSA) is 17.3 Å². The number of aryl methyl sites for hydroxylation is 1. The van der Waals surface area contributed by atoms with Crippen molar-refractivity contribution in [2.45, 2.75) is 27.2 Å². The van der Waals surface area contributed by atoms with E-state index in [4.69, 9.17) is 0 Å². The standard InChI is InChI=1S/C9H8F2N2.C2H6/c1-6-5-12-9-7(8(10)11)3-2-4-13(6)9;1-2/h2-5,8H,1H3;1-2H3. The second-order valence-electron chi connectivity index (χ2n) is 2.86. The van der Waals surface area contributed by atoms with Crippen molar-refractivity contribution in [3.63, 3.8) is 0 Å². The van der Waals surface area contributed by atoms with E-state index in [0.717, 1.165) is 5.69 Å². The summed E-state index contributed by atoms with van der Waals surface area (Å²) in [6.07, 6.45) is 0.843. The van der Waals surface area contributed by atoms with E-state index in [1.165, 1.54) is 6.07 Å². The predicted molar refractivity (Wildman–Crippen MR) is 56.2 cm³/mol. The molecule has 0 atom stereocenters. The summed E-state index contributed by atoms with van der Waals surface area (Å²) in [5.41, 5.74) is 1.18. The molecular formula is C11H14F2N2. The lowest BCUT2D eigenvalue weighted by Crippen LogP contribution is -1.93. The molecule has 0 spiro atoms. The minimum atomic E-state index is -2.47. The van der Waals surface area contributed by atoms with Crippen LogP contribution in [0.5, 0.6) is 0 Å². The molecule has 2 aromatic rings. The van der Waals surface area contributed by atoms with Crippen LogP contribution < -0.4 is 0 Å². The summed E-state index contributed by atoms with van der Waals surface area (Å²) in [7, 11) is 0. The third-order valence-electron chi connectivity index (χ3n) is 1.99. The Balaban J connectivity index is 0.000000531. The van der Waals surface area contributed by atoms with Crippen LogP contribution in [0.2, 0.25) is 0 Å². The number of fused-ring (bicyclic) bond motifs is 1. The molecule has 2 heterocycles. The van der Waals surface area contributed by atoms with Crippen molar-refractivity contribution in [1.29, 1.82) is 0 Å². The second-order valence-corrected chi connectivity index (χ2v) is 2.86. The Morgan fingerprint density at radius 2 is 2.00 bits per heavy atom. The molecule has 0 aliphatic heterocycles. The zero-order valence-electron chi connectivity index (χ0n) is 9.04. The Labute approximate surface area is 87.6 Å². The SMILES string of the molecule is CC.Cc1cnc2c(C(F)F)cccn12. The number of imidazole rings is 1. The molecule has 2 nitrogen and oxygen atoms in total. The number of nitrogens with zero attached hydrogens (tertiary/aromatic N) is 2. The number of alkyl halides is 2. The largest absolute Gasteiger partial charge is 0.304 e. The number of aromatic nitrogens is 2. The van der Waals surface area contributed by atoms with Gasteiger partial charge in [0.25, 0.3) is 6.43 Å². The molecule has 0 saturated heterocycles. The molecule has 0 amide bonds. The van der Waals surface area contributed by atoms with E-state index in [9.17, 15) is 8.78 Å². The summed E-state index contributed by atoms with van der Waals surface area (Å²) in [5.74, 6) is 0. The summed E-state index contributed by atoms with van der Waals surface area (Å²) in [6.45, 7) is 5.83. The fourth-order valence-electron chi connectivity index (χ4n) is 1.33. The Morgan fingerprint density at radius 3 is 2.60 bits per heavy atom. The first-order valence-corrected chi connectivity index (χ1v) is 4.91. The van der Waals surface area contributed by atoms with Crippen molar-refractivity contribution in [1.82, 2.24) is 9.38 Å². The Kier molecular flexibility index (Phi) is 3.77. The maximum absolute atomic E-state index is 12.5. The molecule has 15 heavy (non-hydrogen) atoms. The third kappa shape index (κ3) is 2.14. The quantitative estimate of drug-likeness (QED) is 0.705. The van der Waals surface area contributed by atoms with E-state index in [-0.39, 0.29) is 5.56 Å². The first kappa shape index (κ1) is 11.6. The molecule has 0 aliphatic carbocycles. The summed E-state index contributed by atoms with van der Waals surface area (Å²) in [6, 6.07) is 3.00. The van der Waals surface area contributed by atoms with Gasteiger partial charge in [-0.25, -0.2) is 13.8 Å². The highest BCUT2D eigenvalue weighted by molar-refractivity contribution is 5.49. The van der Waals surface area contributed by atoms with Gasteiger partial charge in [0.2, 0.25) is 0 Å². The Morgan fingerprint density at radius 1 is 1.33 bits per heavy atom. The minimum Gasteiger partial charge on any atom is -0.304 e. The van der Waals surface area contributed by atoms with Crippen LogP contribution in [0, 0.1) is 6.92 Å². The van der Waals surface area contributed by atoms with Gasteiger partial charge in [-0.3, -0.25) is 0 Å². The fraction of sp³-hybridized carbons (Fsp3) is 0.364. The average molecular weight is 212 g/mol. The van der Waals surface area contributed by atoms with Gasteiger partial charge in [-0.1, -0.05) is 13.8 Å². The smallest absolute Gasteiger partial charge is 0.267 e. The number of pyridine rings is 1. The lowest BCUT2D eigenvalue weighted by atomic mass is 10.3. The van der Waals surface area contributed by atoms with Gasteiger partial charge in [-0.2, -0.15) is 0 Å². The lowest BCUT2D eigenvalue weighted by Gasteiger charge is -2.01. The molecule has 0 N–H and O–H groups in total. The highest BCUT2D eigenvalue weighted by Gasteiger charge is 2.12. The predicted octanol–water partition coefficient (Wildman–Crippen LogP) is 3.61. The molecule has 0 saturated carbocycles. The van der Waals surface area contributed by atoms with Crippen LogP contribution in [0.15, 0.2) is 24.5 Å². The van der Waals surface area contributed by atoms with Gasteiger partial charge in [-0.15, -0.1) is 0 Å². The van der Waals surface area contributed by atoms with Crippen molar-refractivity contribution >= 4 is 5.65 Å². The Bertz CT molecular complexity index is 435. The van der Waals surface area contributed by atoms with Gasteiger partial charge in [0.1, 0.15) is 5.65 Å². The molecule has 4 heteroatoms. The van der Waals surface area contributed by atoms with E-state index in [1.54, 1.807) is 22.9 Å². The zero-order valence-corrected chi connectivity index (χ0v) is 9.04.